The molecule has 0 spiro atoms. The van der Waals surface area contributed by atoms with Crippen LogP contribution in [0.4, 0.5) is 5.69 Å². The Hall–Kier alpha value is -3.54. The van der Waals surface area contributed by atoms with Crippen LogP contribution in [0.5, 0.6) is 0 Å². The summed E-state index contributed by atoms with van der Waals surface area (Å²) in [5, 5.41) is 10.3. The van der Waals surface area contributed by atoms with Crippen LogP contribution in [0.3, 0.4) is 0 Å². The molecule has 13 heteroatoms. The number of aromatic nitrogens is 3. The SMILES string of the molecule is CCOC(=O)C1=CCN=C1C.CNC(=O)c1cc(Cl)cc(C)c1NC(=O)c1cc(Br)nn1-c1ncccc1Cl. The zero-order valence-corrected chi connectivity index (χ0v) is 24.6. The molecule has 2 N–H and O–H groups in total. The van der Waals surface area contributed by atoms with Crippen molar-refractivity contribution >= 4 is 68.3 Å². The van der Waals surface area contributed by atoms with Crippen molar-refractivity contribution in [3.8, 4) is 5.82 Å². The maximum Gasteiger partial charge on any atom is 0.339 e. The minimum absolute atomic E-state index is 0.185. The average molecular weight is 636 g/mol. The summed E-state index contributed by atoms with van der Waals surface area (Å²) < 4.78 is 6.56. The van der Waals surface area contributed by atoms with Crippen molar-refractivity contribution in [1.29, 1.82) is 0 Å². The number of hydrogen-bond donors (Lipinski definition) is 2. The molecular formula is C26H25BrCl2N6O4. The van der Waals surface area contributed by atoms with E-state index in [1.54, 1.807) is 44.3 Å². The summed E-state index contributed by atoms with van der Waals surface area (Å²) in [7, 11) is 1.50. The predicted molar refractivity (Wildman–Crippen MR) is 154 cm³/mol. The number of nitrogens with one attached hydrogen (secondary N) is 2. The van der Waals surface area contributed by atoms with Gasteiger partial charge in [0.05, 0.1) is 35.0 Å². The lowest BCUT2D eigenvalue weighted by Crippen LogP contribution is -2.23. The fraction of sp³-hybridized carbons (Fsp3) is 0.231. The third kappa shape index (κ3) is 7.31. The van der Waals surface area contributed by atoms with E-state index in [4.69, 9.17) is 27.9 Å². The van der Waals surface area contributed by atoms with E-state index in [1.807, 2.05) is 6.92 Å². The van der Waals surface area contributed by atoms with Crippen molar-refractivity contribution in [1.82, 2.24) is 20.1 Å². The van der Waals surface area contributed by atoms with Gasteiger partial charge in [-0.05, 0) is 72.6 Å². The van der Waals surface area contributed by atoms with E-state index >= 15 is 0 Å². The van der Waals surface area contributed by atoms with Gasteiger partial charge in [-0.25, -0.2) is 14.5 Å². The summed E-state index contributed by atoms with van der Waals surface area (Å²) in [5.74, 6) is -0.815. The van der Waals surface area contributed by atoms with Crippen molar-refractivity contribution in [2.75, 3.05) is 25.5 Å². The molecule has 2 amide bonds. The summed E-state index contributed by atoms with van der Waals surface area (Å²) in [6, 6.07) is 8.01. The van der Waals surface area contributed by atoms with Gasteiger partial charge in [0.15, 0.2) is 5.82 Å². The molecule has 0 fully saturated rings. The lowest BCUT2D eigenvalue weighted by atomic mass is 10.1. The van der Waals surface area contributed by atoms with Gasteiger partial charge in [-0.2, -0.15) is 5.10 Å². The third-order valence-electron chi connectivity index (χ3n) is 5.37. The van der Waals surface area contributed by atoms with Gasteiger partial charge < -0.3 is 15.4 Å². The summed E-state index contributed by atoms with van der Waals surface area (Å²) in [4.78, 5) is 44.5. The van der Waals surface area contributed by atoms with Crippen molar-refractivity contribution in [3.63, 3.8) is 0 Å². The van der Waals surface area contributed by atoms with Crippen molar-refractivity contribution in [2.24, 2.45) is 4.99 Å². The number of nitrogens with zero attached hydrogens (tertiary/aromatic N) is 4. The zero-order valence-electron chi connectivity index (χ0n) is 21.5. The van der Waals surface area contributed by atoms with Gasteiger partial charge in [0.1, 0.15) is 10.3 Å². The van der Waals surface area contributed by atoms with Gasteiger partial charge >= 0.3 is 5.97 Å². The number of amides is 2. The molecule has 39 heavy (non-hydrogen) atoms. The molecule has 0 aliphatic carbocycles. The fourth-order valence-electron chi connectivity index (χ4n) is 3.56. The van der Waals surface area contributed by atoms with Crippen LogP contribution in [0, 0.1) is 6.92 Å². The Morgan fingerprint density at radius 2 is 1.90 bits per heavy atom. The third-order valence-corrected chi connectivity index (χ3v) is 6.27. The molecule has 10 nitrogen and oxygen atoms in total. The number of rotatable bonds is 6. The summed E-state index contributed by atoms with van der Waals surface area (Å²) in [6.07, 6.45) is 3.33. The summed E-state index contributed by atoms with van der Waals surface area (Å²) in [5.41, 5.74) is 2.83. The van der Waals surface area contributed by atoms with Gasteiger partial charge in [-0.15, -0.1) is 0 Å². The second-order valence-corrected chi connectivity index (χ2v) is 9.67. The standard InChI is InChI=1S/C18H14BrCl2N5O2.C8H11NO2/c1-9-6-10(20)7-11(17(27)22-2)15(9)24-18(28)13-8-14(19)25-26(13)16-12(21)4-3-5-23-16;1-3-11-8(10)7-4-5-9-6(7)2/h3-8H,1-2H3,(H,22,27)(H,24,28);4H,3,5H2,1-2H3. The smallest absolute Gasteiger partial charge is 0.339 e. The molecule has 2 aromatic heterocycles. The molecule has 1 aliphatic rings. The molecule has 0 atom stereocenters. The van der Waals surface area contributed by atoms with E-state index in [-0.39, 0.29) is 23.1 Å². The van der Waals surface area contributed by atoms with Crippen molar-refractivity contribution in [2.45, 2.75) is 20.8 Å². The number of pyridine rings is 1. The van der Waals surface area contributed by atoms with Crippen LogP contribution < -0.4 is 10.6 Å². The molecule has 1 aromatic carbocycles. The van der Waals surface area contributed by atoms with Crippen molar-refractivity contribution in [3.05, 3.63) is 79.6 Å². The molecule has 0 radical (unpaired) electrons. The molecule has 0 saturated carbocycles. The molecule has 4 rings (SSSR count). The number of esters is 1. The predicted octanol–water partition coefficient (Wildman–Crippen LogP) is 5.21. The molecule has 204 valence electrons. The highest BCUT2D eigenvalue weighted by Gasteiger charge is 2.22. The number of carbonyl (C=O) groups excluding carboxylic acids is 3. The van der Waals surface area contributed by atoms with Gasteiger partial charge in [-0.1, -0.05) is 23.2 Å². The topological polar surface area (TPSA) is 128 Å². The quantitative estimate of drug-likeness (QED) is 0.358. The Kier molecular flexibility index (Phi) is 10.4. The van der Waals surface area contributed by atoms with E-state index in [1.165, 1.54) is 23.9 Å². The number of aryl methyl sites for hydroxylation is 1. The van der Waals surface area contributed by atoms with E-state index < -0.39 is 5.91 Å². The second-order valence-electron chi connectivity index (χ2n) is 8.02. The maximum atomic E-state index is 13.0. The maximum absolute atomic E-state index is 13.0. The normalized spacial score (nSPS) is 12.1. The fourth-order valence-corrected chi connectivity index (χ4v) is 4.41. The monoisotopic (exact) mass is 634 g/mol. The van der Waals surface area contributed by atoms with E-state index in [0.717, 1.165) is 5.71 Å². The highest BCUT2D eigenvalue weighted by Crippen LogP contribution is 2.27. The van der Waals surface area contributed by atoms with Crippen LogP contribution in [0.2, 0.25) is 10.0 Å². The number of carbonyl (C=O) groups is 3. The highest BCUT2D eigenvalue weighted by atomic mass is 79.9. The first-order valence-corrected chi connectivity index (χ1v) is 13.2. The van der Waals surface area contributed by atoms with E-state index in [2.05, 4.69) is 41.6 Å². The van der Waals surface area contributed by atoms with Crippen LogP contribution in [0.25, 0.3) is 5.82 Å². The number of hydrogen-bond acceptors (Lipinski definition) is 7. The van der Waals surface area contributed by atoms with E-state index in [0.29, 0.717) is 50.4 Å². The minimum Gasteiger partial charge on any atom is -0.462 e. The largest absolute Gasteiger partial charge is 0.462 e. The summed E-state index contributed by atoms with van der Waals surface area (Å²) >= 11 is 15.5. The van der Waals surface area contributed by atoms with Crippen LogP contribution in [-0.2, 0) is 9.53 Å². The second kappa shape index (κ2) is 13.5. The van der Waals surface area contributed by atoms with Gasteiger partial charge in [-0.3, -0.25) is 14.6 Å². The molecule has 0 saturated heterocycles. The first-order valence-electron chi connectivity index (χ1n) is 11.7. The first kappa shape index (κ1) is 30.0. The molecule has 1 aliphatic heterocycles. The van der Waals surface area contributed by atoms with Gasteiger partial charge in [0.2, 0.25) is 0 Å². The highest BCUT2D eigenvalue weighted by molar-refractivity contribution is 9.10. The Bertz CT molecular complexity index is 1490. The van der Waals surface area contributed by atoms with Crippen LogP contribution in [0.1, 0.15) is 40.3 Å². The van der Waals surface area contributed by atoms with Crippen LogP contribution >= 0.6 is 39.1 Å². The van der Waals surface area contributed by atoms with E-state index in [9.17, 15) is 14.4 Å². The number of benzene rings is 1. The molecular weight excluding hydrogens is 611 g/mol. The number of aliphatic imine (C=N–C) groups is 1. The zero-order chi connectivity index (χ0) is 28.7. The first-order chi connectivity index (χ1) is 18.6. The number of ether oxygens (including phenoxy) is 1. The number of halogens is 3. The molecule has 0 unspecified atom stereocenters. The average Bonchev–Trinajstić information content (AvgIpc) is 3.51. The molecule has 0 bridgehead atoms. The Morgan fingerprint density at radius 1 is 1.15 bits per heavy atom. The Balaban J connectivity index is 0.000000320. The van der Waals surface area contributed by atoms with Crippen LogP contribution in [0.15, 0.2) is 57.8 Å². The lowest BCUT2D eigenvalue weighted by molar-refractivity contribution is -0.137. The minimum atomic E-state index is -0.490. The van der Waals surface area contributed by atoms with Crippen molar-refractivity contribution < 1.29 is 19.1 Å². The molecule has 3 aromatic rings. The summed E-state index contributed by atoms with van der Waals surface area (Å²) in [6.45, 7) is 6.38. The van der Waals surface area contributed by atoms with Gasteiger partial charge in [0, 0.05) is 30.0 Å². The van der Waals surface area contributed by atoms with Crippen LogP contribution in [-0.4, -0.2) is 58.5 Å². The Labute approximate surface area is 243 Å². The number of anilines is 1. The molecule has 3 heterocycles. The Morgan fingerprint density at radius 3 is 2.51 bits per heavy atom. The lowest BCUT2D eigenvalue weighted by Gasteiger charge is -2.14. The van der Waals surface area contributed by atoms with Gasteiger partial charge in [0.25, 0.3) is 11.8 Å².